The van der Waals surface area contributed by atoms with Crippen molar-refractivity contribution in [1.82, 2.24) is 0 Å². The molecule has 0 heterocycles. The summed E-state index contributed by atoms with van der Waals surface area (Å²) in [4.78, 5) is 0. The Balaban J connectivity index is 2.36. The summed E-state index contributed by atoms with van der Waals surface area (Å²) in [6.07, 6.45) is 8.72. The van der Waals surface area contributed by atoms with Crippen LogP contribution in [0.15, 0.2) is 12.1 Å². The molecule has 0 unspecified atom stereocenters. The average Bonchev–Trinajstić information content (AvgIpc) is 2.48. The first-order valence-electron chi connectivity index (χ1n) is 9.09. The van der Waals surface area contributed by atoms with Gasteiger partial charge in [-0.05, 0) is 58.8 Å². The Hall–Kier alpha value is -0.820. The van der Waals surface area contributed by atoms with Gasteiger partial charge in [0, 0.05) is 0 Å². The molecule has 0 saturated carbocycles. The highest BCUT2D eigenvalue weighted by Gasteiger charge is 2.37. The van der Waals surface area contributed by atoms with Crippen molar-refractivity contribution in [3.8, 4) is 0 Å². The summed E-state index contributed by atoms with van der Waals surface area (Å²) in [5.41, 5.74) is 6.01. The standard InChI is InChI=1S/C21H34O/c1-6-7-8-9-10-16-13-18-19(14-17(16)15-22)21(4,5)12-11-20(18,2)3/h13-14,22H,6-12,15H2,1-5H3. The Labute approximate surface area is 137 Å². The fourth-order valence-corrected chi connectivity index (χ4v) is 3.83. The van der Waals surface area contributed by atoms with Crippen molar-refractivity contribution in [2.75, 3.05) is 0 Å². The molecule has 1 aromatic rings. The Morgan fingerprint density at radius 2 is 1.41 bits per heavy atom. The van der Waals surface area contributed by atoms with Crippen molar-refractivity contribution in [1.29, 1.82) is 0 Å². The molecule has 0 fully saturated rings. The lowest BCUT2D eigenvalue weighted by Crippen LogP contribution is -2.34. The lowest BCUT2D eigenvalue weighted by Gasteiger charge is -2.42. The maximum absolute atomic E-state index is 9.82. The molecule has 0 bridgehead atoms. The number of aryl methyl sites for hydroxylation is 1. The van der Waals surface area contributed by atoms with Gasteiger partial charge in [-0.25, -0.2) is 0 Å². The van der Waals surface area contributed by atoms with Crippen molar-refractivity contribution in [3.05, 3.63) is 34.4 Å². The minimum absolute atomic E-state index is 0.174. The van der Waals surface area contributed by atoms with E-state index in [2.05, 4.69) is 46.8 Å². The Bertz CT molecular complexity index is 511. The Morgan fingerprint density at radius 3 is 1.91 bits per heavy atom. The first-order chi connectivity index (χ1) is 10.3. The number of aliphatic hydroxyl groups excluding tert-OH is 1. The van der Waals surface area contributed by atoms with Gasteiger partial charge >= 0.3 is 0 Å². The fourth-order valence-electron chi connectivity index (χ4n) is 3.83. The van der Waals surface area contributed by atoms with Crippen LogP contribution >= 0.6 is 0 Å². The molecule has 1 nitrogen and oxygen atoms in total. The summed E-state index contributed by atoms with van der Waals surface area (Å²) in [5.74, 6) is 0. The van der Waals surface area contributed by atoms with E-state index in [1.165, 1.54) is 55.2 Å². The molecule has 1 aliphatic carbocycles. The largest absolute Gasteiger partial charge is 0.392 e. The van der Waals surface area contributed by atoms with Gasteiger partial charge < -0.3 is 5.11 Å². The number of rotatable bonds is 6. The van der Waals surface area contributed by atoms with Crippen LogP contribution in [0.2, 0.25) is 0 Å². The second kappa shape index (κ2) is 6.74. The van der Waals surface area contributed by atoms with Crippen molar-refractivity contribution in [2.45, 2.75) is 97.0 Å². The van der Waals surface area contributed by atoms with Crippen LogP contribution in [0.5, 0.6) is 0 Å². The summed E-state index contributed by atoms with van der Waals surface area (Å²) in [6, 6.07) is 4.74. The number of unbranched alkanes of at least 4 members (excludes halogenated alkanes) is 3. The van der Waals surface area contributed by atoms with Gasteiger partial charge in [-0.1, -0.05) is 66.0 Å². The van der Waals surface area contributed by atoms with Gasteiger partial charge in [0.2, 0.25) is 0 Å². The van der Waals surface area contributed by atoms with Gasteiger partial charge in [0.05, 0.1) is 6.61 Å². The van der Waals surface area contributed by atoms with Crippen LogP contribution in [-0.4, -0.2) is 5.11 Å². The van der Waals surface area contributed by atoms with E-state index in [0.717, 1.165) is 12.0 Å². The van der Waals surface area contributed by atoms with E-state index in [4.69, 9.17) is 0 Å². The SMILES string of the molecule is CCCCCCc1cc2c(cc1CO)C(C)(C)CCC2(C)C. The lowest BCUT2D eigenvalue weighted by molar-refractivity contribution is 0.278. The third-order valence-electron chi connectivity index (χ3n) is 5.64. The molecule has 0 saturated heterocycles. The number of hydrogen-bond donors (Lipinski definition) is 1. The summed E-state index contributed by atoms with van der Waals surface area (Å²) in [6.45, 7) is 11.9. The summed E-state index contributed by atoms with van der Waals surface area (Å²) >= 11 is 0. The molecule has 1 heteroatoms. The molecule has 0 aliphatic heterocycles. The number of aliphatic hydroxyl groups is 1. The molecular formula is C21H34O. The van der Waals surface area contributed by atoms with Crippen LogP contribution in [0, 0.1) is 0 Å². The van der Waals surface area contributed by atoms with Crippen LogP contribution < -0.4 is 0 Å². The lowest BCUT2D eigenvalue weighted by atomic mass is 9.62. The van der Waals surface area contributed by atoms with E-state index in [9.17, 15) is 5.11 Å². The monoisotopic (exact) mass is 302 g/mol. The first-order valence-corrected chi connectivity index (χ1v) is 9.09. The zero-order valence-electron chi connectivity index (χ0n) is 15.3. The van der Waals surface area contributed by atoms with Gasteiger partial charge in [-0.15, -0.1) is 0 Å². The van der Waals surface area contributed by atoms with Crippen LogP contribution in [-0.2, 0) is 23.9 Å². The van der Waals surface area contributed by atoms with Crippen molar-refractivity contribution in [3.63, 3.8) is 0 Å². The highest BCUT2D eigenvalue weighted by molar-refractivity contribution is 5.47. The van der Waals surface area contributed by atoms with Crippen molar-refractivity contribution >= 4 is 0 Å². The molecular weight excluding hydrogens is 268 g/mol. The fraction of sp³-hybridized carbons (Fsp3) is 0.714. The van der Waals surface area contributed by atoms with Crippen LogP contribution in [0.4, 0.5) is 0 Å². The number of benzene rings is 1. The molecule has 124 valence electrons. The van der Waals surface area contributed by atoms with Gasteiger partial charge in [-0.2, -0.15) is 0 Å². The third-order valence-corrected chi connectivity index (χ3v) is 5.64. The van der Waals surface area contributed by atoms with E-state index in [1.54, 1.807) is 0 Å². The zero-order chi connectivity index (χ0) is 16.4. The summed E-state index contributed by atoms with van der Waals surface area (Å²) < 4.78 is 0. The van der Waals surface area contributed by atoms with Gasteiger partial charge in [-0.3, -0.25) is 0 Å². The van der Waals surface area contributed by atoms with E-state index < -0.39 is 0 Å². The quantitative estimate of drug-likeness (QED) is 0.673. The Morgan fingerprint density at radius 1 is 0.864 bits per heavy atom. The molecule has 0 aromatic heterocycles. The average molecular weight is 303 g/mol. The predicted molar refractivity (Wildman–Crippen MR) is 95.5 cm³/mol. The summed E-state index contributed by atoms with van der Waals surface area (Å²) in [5, 5.41) is 9.82. The Kier molecular flexibility index (Phi) is 5.37. The maximum Gasteiger partial charge on any atom is 0.0684 e. The molecule has 1 aromatic carbocycles. The predicted octanol–water partition coefficient (Wildman–Crippen LogP) is 5.65. The molecule has 1 aliphatic rings. The zero-order valence-corrected chi connectivity index (χ0v) is 15.3. The number of fused-ring (bicyclic) bond motifs is 1. The maximum atomic E-state index is 9.82. The van der Waals surface area contributed by atoms with Crippen LogP contribution in [0.1, 0.15) is 95.4 Å². The van der Waals surface area contributed by atoms with Crippen LogP contribution in [0.3, 0.4) is 0 Å². The van der Waals surface area contributed by atoms with Crippen LogP contribution in [0.25, 0.3) is 0 Å². The summed E-state index contributed by atoms with van der Waals surface area (Å²) in [7, 11) is 0. The number of hydrogen-bond acceptors (Lipinski definition) is 1. The minimum Gasteiger partial charge on any atom is -0.392 e. The van der Waals surface area contributed by atoms with Gasteiger partial charge in [0.25, 0.3) is 0 Å². The highest BCUT2D eigenvalue weighted by Crippen LogP contribution is 2.46. The molecule has 0 radical (unpaired) electrons. The van der Waals surface area contributed by atoms with Crippen molar-refractivity contribution in [2.24, 2.45) is 0 Å². The molecule has 0 spiro atoms. The second-order valence-corrected chi connectivity index (χ2v) is 8.40. The van der Waals surface area contributed by atoms with E-state index in [0.29, 0.717) is 0 Å². The third kappa shape index (κ3) is 3.56. The highest BCUT2D eigenvalue weighted by atomic mass is 16.3. The van der Waals surface area contributed by atoms with E-state index in [-0.39, 0.29) is 17.4 Å². The van der Waals surface area contributed by atoms with E-state index >= 15 is 0 Å². The smallest absolute Gasteiger partial charge is 0.0684 e. The van der Waals surface area contributed by atoms with Crippen molar-refractivity contribution < 1.29 is 5.11 Å². The van der Waals surface area contributed by atoms with E-state index in [1.807, 2.05) is 0 Å². The minimum atomic E-state index is 0.174. The molecule has 0 atom stereocenters. The normalized spacial score (nSPS) is 19.0. The molecule has 2 rings (SSSR count). The molecule has 22 heavy (non-hydrogen) atoms. The second-order valence-electron chi connectivity index (χ2n) is 8.40. The van der Waals surface area contributed by atoms with Gasteiger partial charge in [0.1, 0.15) is 0 Å². The first kappa shape index (κ1) is 17.5. The van der Waals surface area contributed by atoms with Gasteiger partial charge in [0.15, 0.2) is 0 Å². The molecule has 1 N–H and O–H groups in total. The molecule has 0 amide bonds. The topological polar surface area (TPSA) is 20.2 Å².